The molecule has 1 aromatic carbocycles. The number of nitrogens with one attached hydrogen (secondary N) is 2. The zero-order valence-electron chi connectivity index (χ0n) is 18.4. The van der Waals surface area contributed by atoms with Crippen molar-refractivity contribution < 1.29 is 23.8 Å². The van der Waals surface area contributed by atoms with Crippen molar-refractivity contribution in [1.82, 2.24) is 19.8 Å². The highest BCUT2D eigenvalue weighted by Crippen LogP contribution is 2.17. The molecule has 0 atom stereocenters. The highest BCUT2D eigenvalue weighted by molar-refractivity contribution is 5.96. The average molecular weight is 476 g/mol. The van der Waals surface area contributed by atoms with Crippen molar-refractivity contribution in [3.8, 4) is 0 Å². The van der Waals surface area contributed by atoms with Crippen LogP contribution in [0.25, 0.3) is 11.0 Å². The zero-order chi connectivity index (χ0) is 23.4. The highest BCUT2D eigenvalue weighted by atomic mass is 19.1. The lowest BCUT2D eigenvalue weighted by atomic mass is 10.1. The van der Waals surface area contributed by atoms with Gasteiger partial charge in [0.1, 0.15) is 22.7 Å². The Kier molecular flexibility index (Phi) is 8.26. The number of rotatable bonds is 7. The van der Waals surface area contributed by atoms with Gasteiger partial charge in [0.15, 0.2) is 0 Å². The highest BCUT2D eigenvalue weighted by Gasteiger charge is 2.18. The maximum atomic E-state index is 14.2. The van der Waals surface area contributed by atoms with Crippen molar-refractivity contribution >= 4 is 16.9 Å². The van der Waals surface area contributed by atoms with Crippen LogP contribution in [0.5, 0.6) is 0 Å². The number of aromatic amines is 1. The summed E-state index contributed by atoms with van der Waals surface area (Å²) >= 11 is 0. The lowest BCUT2D eigenvalue weighted by Crippen LogP contribution is -2.38. The van der Waals surface area contributed by atoms with Crippen LogP contribution in [0, 0.1) is 11.6 Å². The number of carbonyl (C=O) groups excluding carboxylic acids is 1. The quantitative estimate of drug-likeness (QED) is 0.484. The van der Waals surface area contributed by atoms with E-state index in [1.807, 2.05) is 0 Å². The molecule has 0 unspecified atom stereocenters. The molecule has 1 aliphatic heterocycles. The van der Waals surface area contributed by atoms with Gasteiger partial charge in [-0.25, -0.2) is 8.78 Å². The van der Waals surface area contributed by atoms with Gasteiger partial charge in [-0.15, -0.1) is 0 Å². The molecule has 0 radical (unpaired) electrons. The SMILES string of the molecule is O.O=C(NCCCN1CCOCC1)c1cn(Cc2c(F)cccc2F)c2ccc(=O)[nH]c2c1=O. The predicted octanol–water partition coefficient (Wildman–Crippen LogP) is 0.644. The molecule has 11 heteroatoms. The van der Waals surface area contributed by atoms with Crippen molar-refractivity contribution in [2.75, 3.05) is 39.4 Å². The number of carbonyl (C=O) groups is 1. The number of pyridine rings is 2. The molecule has 3 aromatic rings. The van der Waals surface area contributed by atoms with Crippen LogP contribution in [-0.2, 0) is 11.3 Å². The third kappa shape index (κ3) is 5.56. The van der Waals surface area contributed by atoms with E-state index in [-0.39, 0.29) is 34.2 Å². The number of aromatic nitrogens is 2. The van der Waals surface area contributed by atoms with Crippen molar-refractivity contribution in [2.45, 2.75) is 13.0 Å². The Morgan fingerprint density at radius 1 is 1.09 bits per heavy atom. The fraction of sp³-hybridized carbons (Fsp3) is 0.348. The smallest absolute Gasteiger partial charge is 0.256 e. The number of hydrogen-bond donors (Lipinski definition) is 2. The average Bonchev–Trinajstić information content (AvgIpc) is 2.81. The van der Waals surface area contributed by atoms with E-state index < -0.39 is 28.5 Å². The number of benzene rings is 1. The van der Waals surface area contributed by atoms with Crippen LogP contribution in [0.15, 0.2) is 46.1 Å². The molecule has 4 N–H and O–H groups in total. The summed E-state index contributed by atoms with van der Waals surface area (Å²) in [4.78, 5) is 42.2. The van der Waals surface area contributed by atoms with E-state index in [9.17, 15) is 23.2 Å². The van der Waals surface area contributed by atoms with E-state index in [1.165, 1.54) is 29.0 Å². The minimum Gasteiger partial charge on any atom is -0.412 e. The van der Waals surface area contributed by atoms with Crippen molar-refractivity contribution in [3.05, 3.63) is 79.9 Å². The number of amides is 1. The summed E-state index contributed by atoms with van der Waals surface area (Å²) in [7, 11) is 0. The summed E-state index contributed by atoms with van der Waals surface area (Å²) in [6, 6.07) is 6.12. The number of halogens is 2. The van der Waals surface area contributed by atoms with Gasteiger partial charge in [0.25, 0.3) is 5.91 Å². The van der Waals surface area contributed by atoms with Gasteiger partial charge in [-0.3, -0.25) is 19.3 Å². The van der Waals surface area contributed by atoms with E-state index in [4.69, 9.17) is 4.74 Å². The predicted molar refractivity (Wildman–Crippen MR) is 122 cm³/mol. The first-order valence-corrected chi connectivity index (χ1v) is 10.7. The Labute approximate surface area is 193 Å². The first kappa shape index (κ1) is 25.2. The van der Waals surface area contributed by atoms with Crippen molar-refractivity contribution in [1.29, 1.82) is 0 Å². The topological polar surface area (TPSA) is 128 Å². The molecule has 4 rings (SSSR count). The Hall–Kier alpha value is -3.41. The molecule has 1 fully saturated rings. The molecule has 0 bridgehead atoms. The molecule has 0 spiro atoms. The fourth-order valence-electron chi connectivity index (χ4n) is 3.87. The van der Waals surface area contributed by atoms with Gasteiger partial charge in [-0.2, -0.15) is 0 Å². The Morgan fingerprint density at radius 2 is 1.79 bits per heavy atom. The Bertz CT molecular complexity index is 1260. The Balaban J connectivity index is 0.00000324. The van der Waals surface area contributed by atoms with Crippen LogP contribution in [0.2, 0.25) is 0 Å². The normalized spacial score (nSPS) is 14.1. The summed E-state index contributed by atoms with van der Waals surface area (Å²) in [5, 5.41) is 2.72. The minimum absolute atomic E-state index is 0. The maximum absolute atomic E-state index is 14.2. The molecule has 9 nitrogen and oxygen atoms in total. The first-order valence-electron chi connectivity index (χ1n) is 10.7. The van der Waals surface area contributed by atoms with E-state index in [0.29, 0.717) is 26.2 Å². The molecular formula is C23H26F2N4O5. The molecule has 0 saturated carbocycles. The molecule has 2 aromatic heterocycles. The van der Waals surface area contributed by atoms with Crippen LogP contribution in [0.3, 0.4) is 0 Å². The number of hydrogen-bond acceptors (Lipinski definition) is 5. The van der Waals surface area contributed by atoms with Gasteiger partial charge in [0.05, 0.1) is 25.3 Å². The lowest BCUT2D eigenvalue weighted by molar-refractivity contribution is 0.0374. The van der Waals surface area contributed by atoms with E-state index >= 15 is 0 Å². The second kappa shape index (κ2) is 11.1. The number of fused-ring (bicyclic) bond motifs is 1. The second-order valence-corrected chi connectivity index (χ2v) is 7.85. The summed E-state index contributed by atoms with van der Waals surface area (Å²) in [6.07, 6.45) is 1.96. The number of ether oxygens (including phenoxy) is 1. The van der Waals surface area contributed by atoms with Crippen LogP contribution >= 0.6 is 0 Å². The van der Waals surface area contributed by atoms with Crippen molar-refractivity contribution in [3.63, 3.8) is 0 Å². The lowest BCUT2D eigenvalue weighted by Gasteiger charge is -2.26. The third-order valence-electron chi connectivity index (χ3n) is 5.64. The second-order valence-electron chi connectivity index (χ2n) is 7.85. The molecular weight excluding hydrogens is 450 g/mol. The Morgan fingerprint density at radius 3 is 2.50 bits per heavy atom. The van der Waals surface area contributed by atoms with E-state index in [1.54, 1.807) is 0 Å². The molecule has 1 saturated heterocycles. The standard InChI is InChI=1S/C23H24F2N4O4.H2O/c24-17-3-1-4-18(25)15(17)13-29-14-16(22(31)21-19(29)5-6-20(30)27-21)23(32)26-7-2-8-28-9-11-33-12-10-28;/h1,3-6,14H,2,7-13H2,(H,26,32)(H,27,30);1H2. The number of H-pyrrole nitrogens is 1. The molecule has 0 aliphatic carbocycles. The maximum Gasteiger partial charge on any atom is 0.256 e. The molecule has 1 amide bonds. The van der Waals surface area contributed by atoms with Gasteiger partial charge in [0.2, 0.25) is 11.0 Å². The number of nitrogens with zero attached hydrogens (tertiary/aromatic N) is 2. The van der Waals surface area contributed by atoms with Gasteiger partial charge >= 0.3 is 0 Å². The van der Waals surface area contributed by atoms with Crippen LogP contribution < -0.4 is 16.3 Å². The monoisotopic (exact) mass is 476 g/mol. The van der Waals surface area contributed by atoms with Gasteiger partial charge < -0.3 is 25.1 Å². The summed E-state index contributed by atoms with van der Waals surface area (Å²) in [5.74, 6) is -2.11. The molecule has 3 heterocycles. The fourth-order valence-corrected chi connectivity index (χ4v) is 3.87. The summed E-state index contributed by atoms with van der Waals surface area (Å²) in [5.41, 5.74) is -1.45. The first-order chi connectivity index (χ1) is 15.9. The van der Waals surface area contributed by atoms with Gasteiger partial charge in [0, 0.05) is 37.5 Å². The van der Waals surface area contributed by atoms with E-state index in [2.05, 4.69) is 15.2 Å². The van der Waals surface area contributed by atoms with Crippen LogP contribution in [0.1, 0.15) is 22.3 Å². The minimum atomic E-state index is -0.750. The molecule has 1 aliphatic rings. The molecule has 182 valence electrons. The van der Waals surface area contributed by atoms with Crippen LogP contribution in [-0.4, -0.2) is 65.2 Å². The van der Waals surface area contributed by atoms with Gasteiger partial charge in [-0.05, 0) is 31.2 Å². The summed E-state index contributed by atoms with van der Waals surface area (Å²) in [6.45, 7) is 3.91. The summed E-state index contributed by atoms with van der Waals surface area (Å²) < 4.78 is 35.2. The van der Waals surface area contributed by atoms with Gasteiger partial charge in [-0.1, -0.05) is 6.07 Å². The number of morpholine rings is 1. The van der Waals surface area contributed by atoms with E-state index in [0.717, 1.165) is 31.8 Å². The largest absolute Gasteiger partial charge is 0.412 e. The zero-order valence-corrected chi connectivity index (χ0v) is 18.4. The van der Waals surface area contributed by atoms with Crippen LogP contribution in [0.4, 0.5) is 8.78 Å². The molecule has 34 heavy (non-hydrogen) atoms. The van der Waals surface area contributed by atoms with Crippen molar-refractivity contribution in [2.24, 2.45) is 0 Å². The third-order valence-corrected chi connectivity index (χ3v) is 5.64.